The van der Waals surface area contributed by atoms with Gasteiger partial charge in [-0.15, -0.1) is 5.10 Å². The Bertz CT molecular complexity index is 876. The fourth-order valence-electron chi connectivity index (χ4n) is 3.04. The Balaban J connectivity index is 1.60. The van der Waals surface area contributed by atoms with Crippen molar-refractivity contribution in [2.24, 2.45) is 0 Å². The van der Waals surface area contributed by atoms with Crippen molar-refractivity contribution in [2.75, 3.05) is 18.0 Å². The number of hydrogen-bond donors (Lipinski definition) is 1. The Labute approximate surface area is 140 Å². The van der Waals surface area contributed by atoms with Crippen LogP contribution in [0.3, 0.4) is 0 Å². The molecule has 1 N–H and O–H groups in total. The normalized spacial score (nSPS) is 21.1. The molecule has 3 heterocycles. The monoisotopic (exact) mass is 324 g/mol. The van der Waals surface area contributed by atoms with Gasteiger partial charge in [0.25, 0.3) is 0 Å². The summed E-state index contributed by atoms with van der Waals surface area (Å²) in [6, 6.07) is 8.01. The number of rotatable bonds is 3. The first-order valence-corrected chi connectivity index (χ1v) is 8.17. The van der Waals surface area contributed by atoms with Crippen molar-refractivity contribution in [3.63, 3.8) is 0 Å². The average Bonchev–Trinajstić information content (AvgIpc) is 3.22. The van der Waals surface area contributed by atoms with Crippen molar-refractivity contribution in [1.82, 2.24) is 25.0 Å². The highest BCUT2D eigenvalue weighted by Gasteiger charge is 2.40. The third-order valence-corrected chi connectivity index (χ3v) is 4.52. The van der Waals surface area contributed by atoms with Crippen molar-refractivity contribution in [1.29, 1.82) is 0 Å². The van der Waals surface area contributed by atoms with E-state index in [1.807, 2.05) is 49.2 Å². The molecule has 1 unspecified atom stereocenters. The van der Waals surface area contributed by atoms with Gasteiger partial charge >= 0.3 is 0 Å². The maximum atomic E-state index is 11.0. The molecule has 0 amide bonds. The lowest BCUT2D eigenvalue weighted by Gasteiger charge is -2.21. The van der Waals surface area contributed by atoms with Crippen molar-refractivity contribution in [2.45, 2.75) is 31.9 Å². The minimum absolute atomic E-state index is 0.221. The molecule has 7 nitrogen and oxygen atoms in total. The third-order valence-electron chi connectivity index (χ3n) is 4.52. The topological polar surface area (TPSA) is 80.0 Å². The summed E-state index contributed by atoms with van der Waals surface area (Å²) in [5.74, 6) is 0.779. The van der Waals surface area contributed by atoms with E-state index in [-0.39, 0.29) is 6.04 Å². The summed E-state index contributed by atoms with van der Waals surface area (Å²) in [6.45, 7) is 5.22. The first kappa shape index (κ1) is 15.0. The van der Waals surface area contributed by atoms with Crippen molar-refractivity contribution >= 4 is 16.9 Å². The number of nitrogens with zero attached hydrogens (tertiary/aromatic N) is 6. The van der Waals surface area contributed by atoms with Crippen LogP contribution in [0.25, 0.3) is 11.0 Å². The summed E-state index contributed by atoms with van der Waals surface area (Å²) < 4.78 is 1.77. The minimum Gasteiger partial charge on any atom is -0.381 e. The number of para-hydroxylation sites is 2. The van der Waals surface area contributed by atoms with E-state index in [1.165, 1.54) is 0 Å². The smallest absolute Gasteiger partial charge is 0.147 e. The molecule has 4 rings (SSSR count). The van der Waals surface area contributed by atoms with Crippen LogP contribution in [0.4, 0.5) is 5.82 Å². The first-order chi connectivity index (χ1) is 11.5. The maximum Gasteiger partial charge on any atom is 0.147 e. The summed E-state index contributed by atoms with van der Waals surface area (Å²) in [6.07, 6.45) is 4.19. The second-order valence-electron chi connectivity index (χ2n) is 6.60. The van der Waals surface area contributed by atoms with E-state index in [0.717, 1.165) is 16.9 Å². The Morgan fingerprint density at radius 2 is 2.00 bits per heavy atom. The van der Waals surface area contributed by atoms with Gasteiger partial charge in [-0.05, 0) is 26.0 Å². The number of aliphatic hydroxyl groups is 1. The van der Waals surface area contributed by atoms with Gasteiger partial charge in [0.1, 0.15) is 17.1 Å². The van der Waals surface area contributed by atoms with Gasteiger partial charge in [0.2, 0.25) is 0 Å². The van der Waals surface area contributed by atoms with Gasteiger partial charge in [-0.2, -0.15) is 0 Å². The number of fused-ring (bicyclic) bond motifs is 1. The van der Waals surface area contributed by atoms with Gasteiger partial charge in [0.05, 0.1) is 30.0 Å². The lowest BCUT2D eigenvalue weighted by Crippen LogP contribution is -2.31. The number of aromatic nitrogens is 5. The van der Waals surface area contributed by atoms with Crippen LogP contribution in [0.2, 0.25) is 0 Å². The Hall–Kier alpha value is -2.54. The van der Waals surface area contributed by atoms with Crippen molar-refractivity contribution < 1.29 is 5.11 Å². The number of β-amino-alcohol motifs (C(OH)–C–C–N with tert-alkyl or cyclic N) is 1. The van der Waals surface area contributed by atoms with E-state index >= 15 is 0 Å². The predicted octanol–water partition coefficient (Wildman–Crippen LogP) is 1.90. The molecule has 7 heteroatoms. The highest BCUT2D eigenvalue weighted by atomic mass is 16.3. The lowest BCUT2D eigenvalue weighted by atomic mass is 10.00. The van der Waals surface area contributed by atoms with Gasteiger partial charge in [0, 0.05) is 19.0 Å². The molecule has 1 aliphatic heterocycles. The molecular formula is C17H20N6O. The summed E-state index contributed by atoms with van der Waals surface area (Å²) in [5.41, 5.74) is 1.35. The fraction of sp³-hybridized carbons (Fsp3) is 0.412. The van der Waals surface area contributed by atoms with Crippen LogP contribution in [0.1, 0.15) is 32.0 Å². The van der Waals surface area contributed by atoms with Gasteiger partial charge in [-0.3, -0.25) is 4.98 Å². The highest BCUT2D eigenvalue weighted by Crippen LogP contribution is 2.33. The Morgan fingerprint density at radius 3 is 2.75 bits per heavy atom. The fourth-order valence-corrected chi connectivity index (χ4v) is 3.04. The minimum atomic E-state index is -1.000. The highest BCUT2D eigenvalue weighted by molar-refractivity contribution is 5.75. The van der Waals surface area contributed by atoms with E-state index in [1.54, 1.807) is 10.9 Å². The molecule has 0 aliphatic carbocycles. The van der Waals surface area contributed by atoms with Crippen LogP contribution in [-0.2, 0) is 5.60 Å². The van der Waals surface area contributed by atoms with Crippen LogP contribution in [-0.4, -0.2) is 43.2 Å². The van der Waals surface area contributed by atoms with Gasteiger partial charge < -0.3 is 10.0 Å². The Morgan fingerprint density at radius 1 is 1.21 bits per heavy atom. The standard InChI is InChI=1S/C17H20N6O/c1-12(2)23-10-15(20-21-23)17(24)7-8-22(11-17)16-9-18-13-5-3-4-6-14(13)19-16/h3-6,9-10,12,24H,7-8,11H2,1-2H3. The maximum absolute atomic E-state index is 11.0. The first-order valence-electron chi connectivity index (χ1n) is 8.17. The second kappa shape index (κ2) is 5.52. The predicted molar refractivity (Wildman–Crippen MR) is 90.7 cm³/mol. The van der Waals surface area contributed by atoms with E-state index < -0.39 is 5.60 Å². The summed E-state index contributed by atoms with van der Waals surface area (Å²) in [7, 11) is 0. The van der Waals surface area contributed by atoms with Crippen molar-refractivity contribution in [3.05, 3.63) is 42.4 Å². The van der Waals surface area contributed by atoms with Gasteiger partial charge in [-0.1, -0.05) is 17.3 Å². The quantitative estimate of drug-likeness (QED) is 0.792. The zero-order valence-corrected chi connectivity index (χ0v) is 13.8. The molecule has 0 bridgehead atoms. The van der Waals surface area contributed by atoms with Crippen LogP contribution in [0.5, 0.6) is 0 Å². The number of hydrogen-bond acceptors (Lipinski definition) is 6. The van der Waals surface area contributed by atoms with Gasteiger partial charge in [0.15, 0.2) is 0 Å². The average molecular weight is 324 g/mol. The molecule has 1 saturated heterocycles. The van der Waals surface area contributed by atoms with E-state index in [4.69, 9.17) is 0 Å². The van der Waals surface area contributed by atoms with E-state index in [2.05, 4.69) is 20.3 Å². The van der Waals surface area contributed by atoms with E-state index in [9.17, 15) is 5.11 Å². The summed E-state index contributed by atoms with van der Waals surface area (Å²) in [5, 5.41) is 19.3. The second-order valence-corrected chi connectivity index (χ2v) is 6.60. The van der Waals surface area contributed by atoms with Crippen LogP contribution >= 0.6 is 0 Å². The molecule has 1 atom stereocenters. The van der Waals surface area contributed by atoms with Gasteiger partial charge in [-0.25, -0.2) is 9.67 Å². The molecule has 24 heavy (non-hydrogen) atoms. The van der Waals surface area contributed by atoms with E-state index in [0.29, 0.717) is 25.2 Å². The molecule has 0 spiro atoms. The largest absolute Gasteiger partial charge is 0.381 e. The van der Waals surface area contributed by atoms with Crippen LogP contribution in [0, 0.1) is 0 Å². The summed E-state index contributed by atoms with van der Waals surface area (Å²) >= 11 is 0. The number of benzene rings is 1. The molecular weight excluding hydrogens is 304 g/mol. The molecule has 1 aromatic carbocycles. The van der Waals surface area contributed by atoms with Crippen LogP contribution in [0.15, 0.2) is 36.7 Å². The molecule has 3 aromatic rings. The van der Waals surface area contributed by atoms with Crippen LogP contribution < -0.4 is 4.90 Å². The SMILES string of the molecule is CC(C)n1cc(C2(O)CCN(c3cnc4ccccc4n3)C2)nn1. The number of anilines is 1. The molecule has 2 aromatic heterocycles. The summed E-state index contributed by atoms with van der Waals surface area (Å²) in [4.78, 5) is 11.2. The Kier molecular flexibility index (Phi) is 3.45. The molecule has 0 radical (unpaired) electrons. The molecule has 124 valence electrons. The molecule has 0 saturated carbocycles. The zero-order valence-electron chi connectivity index (χ0n) is 13.8. The molecule has 1 aliphatic rings. The van der Waals surface area contributed by atoms with Crippen molar-refractivity contribution in [3.8, 4) is 0 Å². The third kappa shape index (κ3) is 2.50. The molecule has 1 fully saturated rings. The lowest BCUT2D eigenvalue weighted by molar-refractivity contribution is 0.0559. The zero-order chi connectivity index (χ0) is 16.7.